The van der Waals surface area contributed by atoms with Gasteiger partial charge < -0.3 is 5.32 Å². The average molecular weight is 279 g/mol. The zero-order valence-corrected chi connectivity index (χ0v) is 11.2. The summed E-state index contributed by atoms with van der Waals surface area (Å²) in [4.78, 5) is 20.5. The minimum Gasteiger partial charge on any atom is -0.377 e. The Labute approximate surface area is 116 Å². The van der Waals surface area contributed by atoms with Crippen molar-refractivity contribution in [1.82, 2.24) is 0 Å². The summed E-state index contributed by atoms with van der Waals surface area (Å²) in [5, 5.41) is 24.9. The predicted octanol–water partition coefficient (Wildman–Crippen LogP) is 3.49. The highest BCUT2D eigenvalue weighted by Gasteiger charge is 2.23. The lowest BCUT2D eigenvalue weighted by Gasteiger charge is -2.27. The van der Waals surface area contributed by atoms with Crippen molar-refractivity contribution in [3.63, 3.8) is 0 Å². The number of nitrogens with one attached hydrogen (secondary N) is 1. The van der Waals surface area contributed by atoms with Crippen molar-refractivity contribution in [2.24, 2.45) is 5.92 Å². The molecule has 0 amide bonds. The highest BCUT2D eigenvalue weighted by Crippen LogP contribution is 2.32. The normalized spacial score (nSPS) is 22.2. The lowest BCUT2D eigenvalue weighted by molar-refractivity contribution is -0.393. The Morgan fingerprint density at radius 3 is 2.30 bits per heavy atom. The van der Waals surface area contributed by atoms with Crippen molar-refractivity contribution in [1.29, 1.82) is 0 Å². The topological polar surface area (TPSA) is 98.3 Å². The molecule has 0 spiro atoms. The first-order valence-electron chi connectivity index (χ1n) is 6.66. The zero-order chi connectivity index (χ0) is 14.7. The van der Waals surface area contributed by atoms with Gasteiger partial charge in [0, 0.05) is 12.1 Å². The molecule has 20 heavy (non-hydrogen) atoms. The van der Waals surface area contributed by atoms with Crippen LogP contribution in [0.25, 0.3) is 0 Å². The number of benzene rings is 1. The van der Waals surface area contributed by atoms with Gasteiger partial charge in [-0.25, -0.2) is 0 Å². The van der Waals surface area contributed by atoms with Crippen molar-refractivity contribution in [3.05, 3.63) is 38.4 Å². The molecule has 0 heterocycles. The zero-order valence-electron chi connectivity index (χ0n) is 11.2. The van der Waals surface area contributed by atoms with Crippen LogP contribution in [0, 0.1) is 26.1 Å². The van der Waals surface area contributed by atoms with Gasteiger partial charge in [0.05, 0.1) is 15.9 Å². The van der Waals surface area contributed by atoms with Gasteiger partial charge >= 0.3 is 0 Å². The molecule has 1 saturated carbocycles. The van der Waals surface area contributed by atoms with Gasteiger partial charge in [-0.2, -0.15) is 0 Å². The van der Waals surface area contributed by atoms with E-state index in [0.29, 0.717) is 11.6 Å². The number of anilines is 1. The van der Waals surface area contributed by atoms with E-state index < -0.39 is 9.85 Å². The van der Waals surface area contributed by atoms with Gasteiger partial charge in [-0.1, -0.05) is 6.92 Å². The second kappa shape index (κ2) is 5.85. The van der Waals surface area contributed by atoms with E-state index in [1.54, 1.807) is 0 Å². The molecule has 0 atom stereocenters. The van der Waals surface area contributed by atoms with Crippen molar-refractivity contribution in [2.75, 3.05) is 5.32 Å². The van der Waals surface area contributed by atoms with Crippen LogP contribution in [-0.2, 0) is 0 Å². The molecule has 1 N–H and O–H groups in total. The van der Waals surface area contributed by atoms with Gasteiger partial charge in [0.2, 0.25) is 0 Å². The highest BCUT2D eigenvalue weighted by molar-refractivity contribution is 5.65. The van der Waals surface area contributed by atoms with Crippen LogP contribution in [0.15, 0.2) is 18.2 Å². The number of hydrogen-bond acceptors (Lipinski definition) is 5. The first kappa shape index (κ1) is 14.2. The molecule has 1 aliphatic rings. The van der Waals surface area contributed by atoms with Gasteiger partial charge in [-0.3, -0.25) is 20.2 Å². The fraction of sp³-hybridized carbons (Fsp3) is 0.538. The maximum Gasteiger partial charge on any atom is 0.299 e. The van der Waals surface area contributed by atoms with Crippen molar-refractivity contribution < 1.29 is 9.85 Å². The van der Waals surface area contributed by atoms with E-state index >= 15 is 0 Å². The third kappa shape index (κ3) is 3.23. The maximum absolute atomic E-state index is 11.0. The molecule has 1 aromatic carbocycles. The van der Waals surface area contributed by atoms with E-state index in [2.05, 4.69) is 12.2 Å². The molecule has 0 saturated heterocycles. The van der Waals surface area contributed by atoms with Gasteiger partial charge in [-0.05, 0) is 37.7 Å². The lowest BCUT2D eigenvalue weighted by atomic mass is 9.87. The number of nitrogens with zero attached hydrogens (tertiary/aromatic N) is 2. The summed E-state index contributed by atoms with van der Waals surface area (Å²) >= 11 is 0. The Bertz CT molecular complexity index is 524. The maximum atomic E-state index is 11.0. The number of nitro benzene ring substituents is 2. The third-order valence-electron chi connectivity index (χ3n) is 3.76. The second-order valence-corrected chi connectivity index (χ2v) is 5.32. The summed E-state index contributed by atoms with van der Waals surface area (Å²) in [6.45, 7) is 2.20. The summed E-state index contributed by atoms with van der Waals surface area (Å²) in [5.41, 5.74) is -0.141. The fourth-order valence-electron chi connectivity index (χ4n) is 2.53. The third-order valence-corrected chi connectivity index (χ3v) is 3.76. The van der Waals surface area contributed by atoms with E-state index in [0.717, 1.165) is 31.7 Å². The summed E-state index contributed by atoms with van der Waals surface area (Å²) in [6, 6.07) is 3.93. The van der Waals surface area contributed by atoms with E-state index in [1.165, 1.54) is 12.1 Å². The lowest BCUT2D eigenvalue weighted by Crippen LogP contribution is -2.25. The minimum absolute atomic E-state index is 0.200. The van der Waals surface area contributed by atoms with Crippen molar-refractivity contribution in [3.8, 4) is 0 Å². The predicted molar refractivity (Wildman–Crippen MR) is 74.8 cm³/mol. The molecule has 0 aromatic heterocycles. The Morgan fingerprint density at radius 2 is 1.75 bits per heavy atom. The van der Waals surface area contributed by atoms with Crippen LogP contribution < -0.4 is 5.32 Å². The monoisotopic (exact) mass is 279 g/mol. The van der Waals surface area contributed by atoms with Crippen LogP contribution in [0.4, 0.5) is 17.1 Å². The molecule has 7 heteroatoms. The van der Waals surface area contributed by atoms with Crippen molar-refractivity contribution in [2.45, 2.75) is 38.6 Å². The fourth-order valence-corrected chi connectivity index (χ4v) is 2.53. The molecule has 108 valence electrons. The quantitative estimate of drug-likeness (QED) is 0.671. The molecule has 7 nitrogen and oxygen atoms in total. The van der Waals surface area contributed by atoms with Crippen LogP contribution >= 0.6 is 0 Å². The van der Waals surface area contributed by atoms with Gasteiger partial charge in [0.25, 0.3) is 11.4 Å². The van der Waals surface area contributed by atoms with Gasteiger partial charge in [-0.15, -0.1) is 0 Å². The standard InChI is InChI=1S/C13H17N3O4/c1-9-2-4-10(5-3-9)14-12-7-6-11(15(17)18)8-13(12)16(19)20/h6-10,14H,2-5H2,1H3. The molecule has 0 aliphatic heterocycles. The van der Waals surface area contributed by atoms with E-state index in [4.69, 9.17) is 0 Å². The Balaban J connectivity index is 2.18. The van der Waals surface area contributed by atoms with Crippen molar-refractivity contribution >= 4 is 17.1 Å². The summed E-state index contributed by atoms with van der Waals surface area (Å²) in [6.07, 6.45) is 4.13. The largest absolute Gasteiger partial charge is 0.377 e. The molecule has 2 rings (SSSR count). The molecular formula is C13H17N3O4. The molecule has 1 aliphatic carbocycles. The molecule has 0 radical (unpaired) electrons. The van der Waals surface area contributed by atoms with E-state index in [-0.39, 0.29) is 17.4 Å². The molecule has 1 aromatic rings. The van der Waals surface area contributed by atoms with Crippen LogP contribution in [0.1, 0.15) is 32.6 Å². The molecule has 1 fully saturated rings. The molecular weight excluding hydrogens is 262 g/mol. The summed E-state index contributed by atoms with van der Waals surface area (Å²) in [7, 11) is 0. The SMILES string of the molecule is CC1CCC(Nc2ccc([N+](=O)[O-])cc2[N+](=O)[O-])CC1. The summed E-state index contributed by atoms with van der Waals surface area (Å²) < 4.78 is 0. The number of nitro groups is 2. The highest BCUT2D eigenvalue weighted by atomic mass is 16.6. The van der Waals surface area contributed by atoms with Crippen LogP contribution in [0.5, 0.6) is 0 Å². The minimum atomic E-state index is -0.626. The number of non-ortho nitro benzene ring substituents is 1. The Hall–Kier alpha value is -2.18. The Morgan fingerprint density at radius 1 is 1.10 bits per heavy atom. The first-order valence-corrected chi connectivity index (χ1v) is 6.66. The summed E-state index contributed by atoms with van der Waals surface area (Å²) in [5.74, 6) is 0.694. The number of hydrogen-bond donors (Lipinski definition) is 1. The van der Waals surface area contributed by atoms with Crippen LogP contribution in [-0.4, -0.2) is 15.9 Å². The smallest absolute Gasteiger partial charge is 0.299 e. The average Bonchev–Trinajstić information content (AvgIpc) is 2.41. The van der Waals surface area contributed by atoms with Crippen LogP contribution in [0.2, 0.25) is 0 Å². The van der Waals surface area contributed by atoms with Gasteiger partial charge in [0.1, 0.15) is 5.69 Å². The molecule has 0 bridgehead atoms. The van der Waals surface area contributed by atoms with E-state index in [1.807, 2.05) is 0 Å². The van der Waals surface area contributed by atoms with E-state index in [9.17, 15) is 20.2 Å². The van der Waals surface area contributed by atoms with Gasteiger partial charge in [0.15, 0.2) is 0 Å². The first-order chi connectivity index (χ1) is 9.47. The molecule has 0 unspecified atom stereocenters. The number of rotatable bonds is 4. The Kier molecular flexibility index (Phi) is 4.16. The second-order valence-electron chi connectivity index (χ2n) is 5.32. The van der Waals surface area contributed by atoms with Crippen LogP contribution in [0.3, 0.4) is 0 Å².